The molecule has 0 N–H and O–H groups in total. The van der Waals surface area contributed by atoms with Crippen molar-refractivity contribution in [3.8, 4) is 5.75 Å². The summed E-state index contributed by atoms with van der Waals surface area (Å²) < 4.78 is 48.3. The first-order valence-electron chi connectivity index (χ1n) is 22.3. The molecular weight excluding hydrogens is 789 g/mol. The van der Waals surface area contributed by atoms with Crippen LogP contribution in [-0.4, -0.2) is 73.4 Å². The average Bonchev–Trinajstić information content (AvgIpc) is 3.35. The van der Waals surface area contributed by atoms with Crippen molar-refractivity contribution in [1.82, 2.24) is 9.88 Å². The van der Waals surface area contributed by atoms with Crippen molar-refractivity contribution in [3.05, 3.63) is 192 Å². The van der Waals surface area contributed by atoms with E-state index in [2.05, 4.69) is 78.2 Å². The van der Waals surface area contributed by atoms with Crippen LogP contribution in [0.3, 0.4) is 0 Å². The van der Waals surface area contributed by atoms with Gasteiger partial charge in [0.05, 0.1) is 45.7 Å². The predicted octanol–water partition coefficient (Wildman–Crippen LogP) is 9.90. The summed E-state index contributed by atoms with van der Waals surface area (Å²) in [6.45, 7) is 7.80. The molecule has 9 heteroatoms. The number of hydrogen-bond donors (Lipinski definition) is 0. The maximum atomic E-state index is 7.64. The SMILES string of the molecule is C=C[C@H]1CN2CC[C@H]1C[C@H]2[C@H](O[C@H]1O[C@H](COCc2ccccc2)[C@@H](OCc2ccccc2)[C@H](OCc2ccccc2)[C@@H]1OCc1ccccc1)c1ccnc2ccc(OC)cc12. The third kappa shape index (κ3) is 10.4. The van der Waals surface area contributed by atoms with E-state index in [1.807, 2.05) is 91.1 Å². The van der Waals surface area contributed by atoms with E-state index in [9.17, 15) is 0 Å². The van der Waals surface area contributed by atoms with Crippen LogP contribution in [0.1, 0.15) is 46.8 Å². The number of hydrogen-bond acceptors (Lipinski definition) is 9. The molecule has 4 saturated heterocycles. The van der Waals surface area contributed by atoms with E-state index in [0.29, 0.717) is 38.3 Å². The molecule has 0 amide bonds. The molecule has 10 rings (SSSR count). The Morgan fingerprint density at radius 1 is 0.714 bits per heavy atom. The van der Waals surface area contributed by atoms with E-state index >= 15 is 0 Å². The number of piperidine rings is 3. The van der Waals surface area contributed by atoms with Gasteiger partial charge in [-0.3, -0.25) is 9.88 Å². The number of ether oxygens (including phenoxy) is 7. The highest BCUT2D eigenvalue weighted by Gasteiger charge is 2.52. The van der Waals surface area contributed by atoms with Crippen LogP contribution in [0.25, 0.3) is 10.9 Å². The number of benzene rings is 5. The van der Waals surface area contributed by atoms with Crippen molar-refractivity contribution in [1.29, 1.82) is 0 Å². The fourth-order valence-corrected chi connectivity index (χ4v) is 9.59. The minimum atomic E-state index is -0.882. The number of aromatic nitrogens is 1. The predicted molar refractivity (Wildman–Crippen MR) is 244 cm³/mol. The number of fused-ring (bicyclic) bond motifs is 4. The average molecular weight is 847 g/mol. The Kier molecular flexibility index (Phi) is 14.3. The molecule has 9 nitrogen and oxygen atoms in total. The third-order valence-electron chi connectivity index (χ3n) is 12.9. The van der Waals surface area contributed by atoms with Gasteiger partial charge in [0.25, 0.3) is 0 Å². The molecule has 4 aliphatic rings. The lowest BCUT2D eigenvalue weighted by atomic mass is 9.73. The van der Waals surface area contributed by atoms with E-state index in [4.69, 9.17) is 38.1 Å². The number of nitrogens with zero attached hydrogens (tertiary/aromatic N) is 2. The van der Waals surface area contributed by atoms with E-state index in [1.165, 1.54) is 0 Å². The van der Waals surface area contributed by atoms with Gasteiger partial charge < -0.3 is 33.2 Å². The Morgan fingerprint density at radius 2 is 1.30 bits per heavy atom. The van der Waals surface area contributed by atoms with Gasteiger partial charge in [-0.25, -0.2) is 0 Å². The molecule has 5 heterocycles. The second kappa shape index (κ2) is 21.0. The van der Waals surface area contributed by atoms with Crippen LogP contribution in [0.2, 0.25) is 0 Å². The van der Waals surface area contributed by atoms with E-state index < -0.39 is 36.8 Å². The summed E-state index contributed by atoms with van der Waals surface area (Å²) in [6, 6.07) is 49.1. The molecule has 0 radical (unpaired) electrons. The quantitative estimate of drug-likeness (QED) is 0.0741. The van der Waals surface area contributed by atoms with Gasteiger partial charge in [-0.05, 0) is 83.3 Å². The Hall–Kier alpha value is -5.23. The first-order chi connectivity index (χ1) is 31.1. The summed E-state index contributed by atoms with van der Waals surface area (Å²) in [4.78, 5) is 7.37. The monoisotopic (exact) mass is 846 g/mol. The Morgan fingerprint density at radius 3 is 1.87 bits per heavy atom. The van der Waals surface area contributed by atoms with E-state index in [1.54, 1.807) is 7.11 Å². The van der Waals surface area contributed by atoms with Crippen molar-refractivity contribution < 1.29 is 33.2 Å². The van der Waals surface area contributed by atoms with Crippen LogP contribution in [-0.2, 0) is 54.8 Å². The highest BCUT2D eigenvalue weighted by atomic mass is 16.7. The number of rotatable bonds is 19. The normalized spacial score (nSPS) is 26.0. The molecule has 326 valence electrons. The molecule has 10 atom stereocenters. The Labute approximate surface area is 371 Å². The largest absolute Gasteiger partial charge is 0.497 e. The van der Waals surface area contributed by atoms with Gasteiger partial charge in [0.2, 0.25) is 0 Å². The van der Waals surface area contributed by atoms with Gasteiger partial charge in [-0.2, -0.15) is 0 Å². The zero-order valence-corrected chi connectivity index (χ0v) is 36.0. The third-order valence-corrected chi connectivity index (χ3v) is 12.9. The maximum absolute atomic E-state index is 7.64. The minimum absolute atomic E-state index is 0.0543. The van der Waals surface area contributed by atoms with Crippen molar-refractivity contribution in [3.63, 3.8) is 0 Å². The van der Waals surface area contributed by atoms with Crippen molar-refractivity contribution in [2.75, 3.05) is 26.8 Å². The molecule has 0 aliphatic carbocycles. The molecule has 0 spiro atoms. The molecule has 5 aromatic carbocycles. The van der Waals surface area contributed by atoms with E-state index in [0.717, 1.165) is 70.4 Å². The van der Waals surface area contributed by atoms with Crippen LogP contribution in [0.4, 0.5) is 0 Å². The van der Waals surface area contributed by atoms with E-state index in [-0.39, 0.29) is 12.6 Å². The summed E-state index contributed by atoms with van der Waals surface area (Å²) in [5.41, 5.74) is 6.08. The summed E-state index contributed by atoms with van der Waals surface area (Å²) in [5, 5.41) is 0.978. The van der Waals surface area contributed by atoms with Crippen molar-refractivity contribution in [2.45, 2.75) is 82.1 Å². The topological polar surface area (TPSA) is 80.7 Å². The second-order valence-corrected chi connectivity index (χ2v) is 16.9. The van der Waals surface area contributed by atoms with Gasteiger partial charge in [0.1, 0.15) is 36.3 Å². The summed E-state index contributed by atoms with van der Waals surface area (Å²) in [5.74, 6) is 1.69. The van der Waals surface area contributed by atoms with Crippen molar-refractivity contribution >= 4 is 10.9 Å². The second-order valence-electron chi connectivity index (χ2n) is 16.9. The smallest absolute Gasteiger partial charge is 0.187 e. The molecular formula is C54H58N2O7. The molecule has 0 saturated carbocycles. The highest BCUT2D eigenvalue weighted by molar-refractivity contribution is 5.84. The fraction of sp³-hybridized carbons (Fsp3) is 0.352. The van der Waals surface area contributed by atoms with Gasteiger partial charge in [-0.1, -0.05) is 127 Å². The Bertz CT molecular complexity index is 2340. The van der Waals surface area contributed by atoms with Gasteiger partial charge >= 0.3 is 0 Å². The summed E-state index contributed by atoms with van der Waals surface area (Å²) >= 11 is 0. The van der Waals surface area contributed by atoms with Crippen molar-refractivity contribution in [2.24, 2.45) is 11.8 Å². The number of methoxy groups -OCH3 is 1. The van der Waals surface area contributed by atoms with Crippen LogP contribution < -0.4 is 4.74 Å². The highest BCUT2D eigenvalue weighted by Crippen LogP contribution is 2.45. The zero-order chi connectivity index (χ0) is 42.8. The first-order valence-corrected chi connectivity index (χ1v) is 22.3. The standard InChI is InChI=1S/C54H58N2O7/c1-3-42-32-56-29-27-43(42)30-48(56)50(45-26-28-55-47-25-24-44(57-2)31-46(45)47)63-54-53(61-36-41-22-14-7-15-23-41)52(60-35-40-20-12-6-13-21-40)51(59-34-39-18-10-5-11-19-39)49(62-54)37-58-33-38-16-8-4-9-17-38/h3-26,28,31,42-43,48-54H,1,27,29-30,32-37H2,2H3/t42-,43-,48-,49+,50+,51+,52-,53-,54+/m0/s1. The number of pyridine rings is 1. The van der Waals surface area contributed by atoms with Gasteiger partial charge in [0, 0.05) is 24.2 Å². The lowest BCUT2D eigenvalue weighted by molar-refractivity contribution is -0.341. The lowest BCUT2D eigenvalue weighted by Gasteiger charge is -2.53. The van der Waals surface area contributed by atoms with Gasteiger partial charge in [0.15, 0.2) is 6.29 Å². The zero-order valence-electron chi connectivity index (χ0n) is 36.0. The van der Waals surface area contributed by atoms with Crippen LogP contribution >= 0.6 is 0 Å². The molecule has 4 aliphatic heterocycles. The summed E-state index contributed by atoms with van der Waals surface area (Å²) in [7, 11) is 1.70. The molecule has 2 bridgehead atoms. The maximum Gasteiger partial charge on any atom is 0.187 e. The first kappa shape index (κ1) is 43.0. The molecule has 1 unspecified atom stereocenters. The van der Waals surface area contributed by atoms with Crippen LogP contribution in [0, 0.1) is 11.8 Å². The summed E-state index contributed by atoms with van der Waals surface area (Å²) in [6.07, 6.45) is 2.30. The molecule has 1 aromatic heterocycles. The molecule has 63 heavy (non-hydrogen) atoms. The van der Waals surface area contributed by atoms with Crippen LogP contribution in [0.15, 0.2) is 164 Å². The Balaban J connectivity index is 1.13. The van der Waals surface area contributed by atoms with Gasteiger partial charge in [-0.15, -0.1) is 6.58 Å². The minimum Gasteiger partial charge on any atom is -0.497 e. The molecule has 4 fully saturated rings. The fourth-order valence-electron chi connectivity index (χ4n) is 9.59. The lowest BCUT2D eigenvalue weighted by Crippen LogP contribution is -2.63. The molecule has 6 aromatic rings. The van der Waals surface area contributed by atoms with Crippen LogP contribution in [0.5, 0.6) is 5.75 Å².